The van der Waals surface area contributed by atoms with Gasteiger partial charge in [0.05, 0.1) is 38.8 Å². The number of carboxylic acids is 2. The minimum Gasteiger partial charge on any atom is -0.478 e. The van der Waals surface area contributed by atoms with E-state index < -0.39 is 45.2 Å². The van der Waals surface area contributed by atoms with Crippen molar-refractivity contribution in [2.24, 2.45) is 26.8 Å². The molecule has 0 aliphatic carbocycles. The first-order valence-corrected chi connectivity index (χ1v) is 31.7. The van der Waals surface area contributed by atoms with Gasteiger partial charge in [-0.25, -0.2) is 38.4 Å². The van der Waals surface area contributed by atoms with E-state index in [4.69, 9.17) is 41.7 Å². The number of aromatic nitrogens is 5. The lowest BCUT2D eigenvalue weighted by Gasteiger charge is -2.03. The summed E-state index contributed by atoms with van der Waals surface area (Å²) in [6.07, 6.45) is 7.94. The van der Waals surface area contributed by atoms with Crippen molar-refractivity contribution in [1.29, 1.82) is 0 Å². The van der Waals surface area contributed by atoms with Crippen molar-refractivity contribution in [2.45, 2.75) is 33.4 Å². The molecular weight excluding hydrogens is 1380 g/mol. The lowest BCUT2D eigenvalue weighted by Crippen LogP contribution is -2.18. The van der Waals surface area contributed by atoms with Gasteiger partial charge in [-0.3, -0.25) is 13.7 Å². The van der Waals surface area contributed by atoms with E-state index in [9.17, 15) is 46.9 Å². The molecule has 28 heteroatoms. The molecule has 508 valence electrons. The van der Waals surface area contributed by atoms with Gasteiger partial charge in [0.1, 0.15) is 18.9 Å². The van der Waals surface area contributed by atoms with Gasteiger partial charge in [-0.1, -0.05) is 217 Å². The van der Waals surface area contributed by atoms with Crippen LogP contribution in [0.1, 0.15) is 73.0 Å². The van der Waals surface area contributed by atoms with Crippen LogP contribution in [-0.2, 0) is 42.0 Å². The van der Waals surface area contributed by atoms with Crippen molar-refractivity contribution in [1.82, 2.24) is 23.7 Å². The molecule has 0 fully saturated rings. The molecule has 99 heavy (non-hydrogen) atoms. The number of amides is 3. The Kier molecular flexibility index (Phi) is 29.2. The number of primary amides is 3. The van der Waals surface area contributed by atoms with E-state index >= 15 is 0 Å². The fraction of sp³-hybridized carbons (Fsp3) is 0.0704. The van der Waals surface area contributed by atoms with E-state index in [1.165, 1.54) is 39.5 Å². The Hall–Kier alpha value is -12.6. The standard InChI is InChI=1S/C17H14N2O3.C16H13NO2.C10H8N2O3.C9H7N3O2.C9H7NO2.C7H7Br.CClNO3S.2CH4/c18-17(21)19-10-14(13-8-4-5-9-15(13)19)16(20)22-11-12-6-2-1-3-7-12;18-16(19-11-12-6-2-1-3-7-12)14-10-17-15-9-5-4-8-13(14)15;11-10(15)12-5-7(9(13)14)6-3-1-2-4-8(6)12;10-9(13)12-5-7(11-14)6-3-1-2-4-8(6)12;11-9(12)7-5-10-8-4-2-1-3-6(7)8;8-6-7-4-2-1-3-5-7;2-7(5,6)3-1-4;;/h1-10H,11H2,(H2,18,21);1-10,17H,11H2;1-5H,(H2,11,15)(H,13,14);1-5H,(H2,10,13);1-5,10H,(H,11,12);1-5H,6H2;;2*1H4. The highest BCUT2D eigenvalue weighted by molar-refractivity contribution is 9.08. The highest BCUT2D eigenvalue weighted by Gasteiger charge is 2.20. The normalized spacial score (nSPS) is 10.1. The summed E-state index contributed by atoms with van der Waals surface area (Å²) >= 11 is 3.36. The molecule has 5 aromatic heterocycles. The van der Waals surface area contributed by atoms with E-state index in [-0.39, 0.29) is 38.7 Å². The number of nitrogens with two attached hydrogens (primary N) is 3. The Balaban J connectivity index is 0.000000214. The van der Waals surface area contributed by atoms with Crippen LogP contribution in [0.5, 0.6) is 0 Å². The number of nitrogens with one attached hydrogen (secondary N) is 2. The number of carbonyl (C=O) groups is 7. The second kappa shape index (κ2) is 37.5. The number of carboxylic acid groups (broad SMARTS) is 2. The highest BCUT2D eigenvalue weighted by atomic mass is 79.9. The minimum absolute atomic E-state index is 0. The minimum atomic E-state index is -4.00. The van der Waals surface area contributed by atoms with Crippen molar-refractivity contribution in [3.05, 3.63) is 287 Å². The van der Waals surface area contributed by atoms with E-state index in [0.717, 1.165) is 48.9 Å². The molecule has 5 heterocycles. The molecule has 13 rings (SSSR count). The molecular formula is C71H64BrClN10O15S. The number of benzene rings is 8. The summed E-state index contributed by atoms with van der Waals surface area (Å²) in [6, 6.07) is 63.1. The summed E-state index contributed by atoms with van der Waals surface area (Å²) in [5.41, 5.74) is 23.8. The molecule has 0 bridgehead atoms. The lowest BCUT2D eigenvalue weighted by molar-refractivity contribution is 0.0466. The summed E-state index contributed by atoms with van der Waals surface area (Å²) in [4.78, 5) is 105. The summed E-state index contributed by atoms with van der Waals surface area (Å²) in [7, 11) is 0.376. The number of para-hydroxylation sites is 5. The molecule has 0 aliphatic heterocycles. The summed E-state index contributed by atoms with van der Waals surface area (Å²) in [6.45, 7) is 0.467. The number of H-pyrrole nitrogens is 2. The Bertz CT molecular complexity index is 5060. The summed E-state index contributed by atoms with van der Waals surface area (Å²) < 4.78 is 35.5. The highest BCUT2D eigenvalue weighted by Crippen LogP contribution is 2.28. The number of hydrogen-bond donors (Lipinski definition) is 7. The van der Waals surface area contributed by atoms with Crippen molar-refractivity contribution < 1.29 is 66.5 Å². The number of aromatic amines is 2. The van der Waals surface area contributed by atoms with Crippen molar-refractivity contribution in [3.8, 4) is 0 Å². The van der Waals surface area contributed by atoms with Crippen LogP contribution in [0.4, 0.5) is 20.1 Å². The third kappa shape index (κ3) is 21.5. The zero-order chi connectivity index (χ0) is 70.0. The van der Waals surface area contributed by atoms with Gasteiger partial charge >= 0.3 is 51.2 Å². The average Bonchev–Trinajstić information content (AvgIpc) is 1.66. The second-order valence-electron chi connectivity index (χ2n) is 19.8. The Labute approximate surface area is 578 Å². The molecule has 0 radical (unpaired) electrons. The Morgan fingerprint density at radius 1 is 0.465 bits per heavy atom. The number of carbonyl (C=O) groups excluding carboxylic acids is 6. The third-order valence-corrected chi connectivity index (χ3v) is 14.7. The molecule has 13 aromatic rings. The SMILES string of the molecule is BrCc1ccccc1.C.C.NC(=O)n1cc(C(=O)O)c2ccccc21.NC(=O)n1cc(C(=O)OCc2ccccc2)c2ccccc21.NC(=O)n1cc(N=O)c2ccccc21.O=C(O)c1c[nH]c2ccccc12.O=C(OCc1ccccc1)c1c[nH]c2ccccc12.O=C=NS(=O)(=O)Cl. The first-order chi connectivity index (χ1) is 46.6. The van der Waals surface area contributed by atoms with Crippen LogP contribution < -0.4 is 17.2 Å². The van der Waals surface area contributed by atoms with Crippen LogP contribution in [0, 0.1) is 4.91 Å². The summed E-state index contributed by atoms with van der Waals surface area (Å²) in [5.74, 6) is -2.76. The zero-order valence-corrected chi connectivity index (χ0v) is 53.7. The van der Waals surface area contributed by atoms with Crippen LogP contribution in [0.25, 0.3) is 54.5 Å². The predicted molar refractivity (Wildman–Crippen MR) is 383 cm³/mol. The third-order valence-electron chi connectivity index (χ3n) is 13.6. The molecule has 25 nitrogen and oxygen atoms in total. The molecule has 8 aromatic carbocycles. The van der Waals surface area contributed by atoms with Gasteiger partial charge in [-0.15, -0.1) is 4.91 Å². The van der Waals surface area contributed by atoms with Crippen LogP contribution in [-0.4, -0.2) is 90.4 Å². The van der Waals surface area contributed by atoms with Gasteiger partial charge in [-0.05, 0) is 52.2 Å². The Morgan fingerprint density at radius 2 is 0.798 bits per heavy atom. The van der Waals surface area contributed by atoms with E-state index in [1.807, 2.05) is 121 Å². The van der Waals surface area contributed by atoms with E-state index in [2.05, 4.69) is 58.3 Å². The fourth-order valence-corrected chi connectivity index (χ4v) is 9.72. The van der Waals surface area contributed by atoms with Crippen LogP contribution in [0.2, 0.25) is 0 Å². The average molecular weight is 1440 g/mol. The van der Waals surface area contributed by atoms with Gasteiger partial charge in [0.25, 0.3) is 6.08 Å². The molecule has 0 unspecified atom stereocenters. The quantitative estimate of drug-likeness (QED) is 0.0158. The first-order valence-electron chi connectivity index (χ1n) is 28.3. The lowest BCUT2D eigenvalue weighted by atomic mass is 10.2. The number of hydrogen-bond acceptors (Lipinski definition) is 14. The van der Waals surface area contributed by atoms with Crippen LogP contribution >= 0.6 is 26.6 Å². The van der Waals surface area contributed by atoms with Gasteiger partial charge in [-0.2, -0.15) is 8.42 Å². The van der Waals surface area contributed by atoms with Crippen molar-refractivity contribution in [2.75, 3.05) is 0 Å². The predicted octanol–water partition coefficient (Wildman–Crippen LogP) is 15.2. The largest absolute Gasteiger partial charge is 0.478 e. The number of nitroso groups, excluding NO2 is 1. The van der Waals surface area contributed by atoms with Gasteiger partial charge in [0.2, 0.25) is 0 Å². The molecule has 0 aliphatic rings. The van der Waals surface area contributed by atoms with Crippen molar-refractivity contribution >= 4 is 144 Å². The number of nitrogens with zero attached hydrogens (tertiary/aromatic N) is 5. The number of rotatable bonds is 11. The number of halogens is 2. The van der Waals surface area contributed by atoms with Gasteiger partial charge < -0.3 is 46.9 Å². The number of fused-ring (bicyclic) bond motifs is 5. The Morgan fingerprint density at radius 3 is 1.18 bits per heavy atom. The smallest absolute Gasteiger partial charge is 0.350 e. The van der Waals surface area contributed by atoms with Crippen LogP contribution in [0.3, 0.4) is 0 Å². The van der Waals surface area contributed by atoms with Crippen molar-refractivity contribution in [3.63, 3.8) is 0 Å². The monoisotopic (exact) mass is 1440 g/mol. The molecule has 0 atom stereocenters. The van der Waals surface area contributed by atoms with E-state index in [0.29, 0.717) is 56.0 Å². The number of aromatic carboxylic acids is 2. The number of alkyl halides is 1. The number of ether oxygens (including phenoxy) is 2. The van der Waals surface area contributed by atoms with Crippen LogP contribution in [0.15, 0.2) is 253 Å². The molecule has 0 spiro atoms. The maximum atomic E-state index is 12.3. The molecule has 0 saturated heterocycles. The van der Waals surface area contributed by atoms with Gasteiger partial charge in [0, 0.05) is 85.0 Å². The fourth-order valence-electron chi connectivity index (χ4n) is 9.18. The summed E-state index contributed by atoms with van der Waals surface area (Å²) in [5, 5.41) is 24.9. The first kappa shape index (κ1) is 77.2. The number of isocyanates is 1. The maximum Gasteiger partial charge on any atom is 0.350 e. The van der Waals surface area contributed by atoms with Gasteiger partial charge in [0.15, 0.2) is 0 Å². The molecule has 10 N–H and O–H groups in total. The maximum absolute atomic E-state index is 12.3. The topological polar surface area (TPSA) is 396 Å². The zero-order valence-electron chi connectivity index (χ0n) is 50.5. The van der Waals surface area contributed by atoms with E-state index in [1.54, 1.807) is 85.1 Å². The molecule has 3 amide bonds. The second-order valence-corrected chi connectivity index (χ2v) is 22.5. The number of esters is 2. The molecule has 0 saturated carbocycles.